The van der Waals surface area contributed by atoms with E-state index < -0.39 is 0 Å². The molecule has 0 spiro atoms. The van der Waals surface area contributed by atoms with Crippen molar-refractivity contribution in [1.82, 2.24) is 5.32 Å². The van der Waals surface area contributed by atoms with Gasteiger partial charge in [-0.2, -0.15) is 0 Å². The highest BCUT2D eigenvalue weighted by Crippen LogP contribution is 2.38. The molecule has 19 heavy (non-hydrogen) atoms. The summed E-state index contributed by atoms with van der Waals surface area (Å²) in [7, 11) is 3.91. The van der Waals surface area contributed by atoms with Crippen LogP contribution in [0.5, 0.6) is 0 Å². The first-order valence-electron chi connectivity index (χ1n) is 7.36. The lowest BCUT2D eigenvalue weighted by molar-refractivity contribution is 0.0111. The van der Waals surface area contributed by atoms with Crippen molar-refractivity contribution in [3.63, 3.8) is 0 Å². The smallest absolute Gasteiger partial charge is 0.0623 e. The average Bonchev–Trinajstić information content (AvgIpc) is 2.88. The second-order valence-corrected chi connectivity index (χ2v) is 7.20. The molecule has 0 aliphatic heterocycles. The first kappa shape index (κ1) is 15.0. The summed E-state index contributed by atoms with van der Waals surface area (Å²) in [4.78, 5) is 1.61. The van der Waals surface area contributed by atoms with Crippen LogP contribution in [-0.4, -0.2) is 25.8 Å². The molecule has 1 aromatic heterocycles. The molecule has 0 fully saturated rings. The normalized spacial score (nSPS) is 21.2. The maximum atomic E-state index is 5.55. The highest BCUT2D eigenvalue weighted by molar-refractivity contribution is 7.10. The van der Waals surface area contributed by atoms with E-state index in [4.69, 9.17) is 4.74 Å². The molecule has 2 nitrogen and oxygen atoms in total. The Bertz CT molecular complexity index is 399. The van der Waals surface area contributed by atoms with Crippen molar-refractivity contribution in [2.75, 3.05) is 14.2 Å². The first-order valence-corrected chi connectivity index (χ1v) is 8.24. The van der Waals surface area contributed by atoms with E-state index in [-0.39, 0.29) is 5.60 Å². The lowest BCUT2D eigenvalue weighted by atomic mass is 9.80. The zero-order chi connectivity index (χ0) is 13.9. The maximum absolute atomic E-state index is 5.55. The quantitative estimate of drug-likeness (QED) is 0.852. The Morgan fingerprint density at radius 1 is 1.53 bits per heavy atom. The van der Waals surface area contributed by atoms with Gasteiger partial charge >= 0.3 is 0 Å². The molecule has 0 saturated carbocycles. The number of nitrogens with one attached hydrogen (secondary N) is 1. The minimum Gasteiger partial charge on any atom is -0.379 e. The molecule has 1 N–H and O–H groups in total. The van der Waals surface area contributed by atoms with E-state index in [1.165, 1.54) is 25.7 Å². The molecule has 0 bridgehead atoms. The van der Waals surface area contributed by atoms with Crippen LogP contribution < -0.4 is 5.32 Å². The van der Waals surface area contributed by atoms with Crippen LogP contribution in [0.2, 0.25) is 0 Å². The number of hydrogen-bond donors (Lipinski definition) is 1. The maximum Gasteiger partial charge on any atom is 0.0623 e. The number of aryl methyl sites for hydroxylation is 1. The summed E-state index contributed by atoms with van der Waals surface area (Å²) in [5, 5.41) is 5.81. The van der Waals surface area contributed by atoms with Crippen LogP contribution in [0, 0.1) is 0 Å². The molecule has 2 atom stereocenters. The molecule has 3 heteroatoms. The van der Waals surface area contributed by atoms with Crippen molar-refractivity contribution >= 4 is 11.3 Å². The van der Waals surface area contributed by atoms with Gasteiger partial charge < -0.3 is 10.1 Å². The predicted octanol–water partition coefficient (Wildman–Crippen LogP) is 3.96. The fourth-order valence-corrected chi connectivity index (χ4v) is 4.09. The number of rotatable bonds is 6. The van der Waals surface area contributed by atoms with Crippen molar-refractivity contribution in [1.29, 1.82) is 0 Å². The van der Waals surface area contributed by atoms with Gasteiger partial charge in [-0.3, -0.25) is 0 Å². The molecule has 0 radical (unpaired) electrons. The molecule has 0 amide bonds. The van der Waals surface area contributed by atoms with E-state index in [1.54, 1.807) is 10.4 Å². The highest BCUT2D eigenvalue weighted by atomic mass is 32.1. The lowest BCUT2D eigenvalue weighted by Crippen LogP contribution is -2.36. The van der Waals surface area contributed by atoms with Gasteiger partial charge in [0.25, 0.3) is 0 Å². The molecular weight excluding hydrogens is 254 g/mol. The van der Waals surface area contributed by atoms with Gasteiger partial charge in [0.1, 0.15) is 0 Å². The van der Waals surface area contributed by atoms with Crippen LogP contribution in [0.15, 0.2) is 11.4 Å². The van der Waals surface area contributed by atoms with Crippen molar-refractivity contribution < 1.29 is 4.74 Å². The van der Waals surface area contributed by atoms with Crippen LogP contribution in [0.1, 0.15) is 55.9 Å². The number of likely N-dealkylation sites (N-methyl/N-ethyl adjacent to an activating group) is 1. The van der Waals surface area contributed by atoms with Gasteiger partial charge in [-0.15, -0.1) is 11.3 Å². The van der Waals surface area contributed by atoms with E-state index in [2.05, 4.69) is 37.7 Å². The average molecular weight is 281 g/mol. The summed E-state index contributed by atoms with van der Waals surface area (Å²) in [5.41, 5.74) is 1.59. The number of thiophene rings is 1. The molecule has 2 unspecified atom stereocenters. The molecule has 0 saturated heterocycles. The highest BCUT2D eigenvalue weighted by Gasteiger charge is 2.29. The van der Waals surface area contributed by atoms with Gasteiger partial charge in [0, 0.05) is 23.9 Å². The van der Waals surface area contributed by atoms with E-state index in [1.807, 2.05) is 18.4 Å². The molecule has 1 heterocycles. The van der Waals surface area contributed by atoms with Gasteiger partial charge in [0.05, 0.1) is 5.60 Å². The van der Waals surface area contributed by atoms with Gasteiger partial charge in [-0.05, 0) is 70.0 Å². The van der Waals surface area contributed by atoms with Gasteiger partial charge in [-0.25, -0.2) is 0 Å². The molecule has 1 aliphatic carbocycles. The third kappa shape index (κ3) is 3.59. The molecule has 1 aliphatic rings. The van der Waals surface area contributed by atoms with Crippen LogP contribution in [0.4, 0.5) is 0 Å². The fraction of sp³-hybridized carbons (Fsp3) is 0.750. The number of ether oxygens (including phenoxy) is 1. The number of methoxy groups -OCH3 is 1. The Balaban J connectivity index is 2.03. The summed E-state index contributed by atoms with van der Waals surface area (Å²) in [6, 6.07) is 2.92. The topological polar surface area (TPSA) is 21.3 Å². The third-order valence-corrected chi connectivity index (χ3v) is 5.56. The van der Waals surface area contributed by atoms with E-state index in [0.29, 0.717) is 12.0 Å². The molecule has 1 aromatic rings. The van der Waals surface area contributed by atoms with Crippen LogP contribution in [0.25, 0.3) is 0 Å². The number of hydrogen-bond acceptors (Lipinski definition) is 3. The van der Waals surface area contributed by atoms with Crippen LogP contribution in [0.3, 0.4) is 0 Å². The van der Waals surface area contributed by atoms with E-state index in [9.17, 15) is 0 Å². The second kappa shape index (κ2) is 6.38. The zero-order valence-corrected chi connectivity index (χ0v) is 13.5. The molecule has 108 valence electrons. The van der Waals surface area contributed by atoms with Crippen LogP contribution >= 0.6 is 11.3 Å². The largest absolute Gasteiger partial charge is 0.379 e. The first-order chi connectivity index (χ1) is 9.07. The van der Waals surface area contributed by atoms with Crippen LogP contribution in [-0.2, 0) is 11.2 Å². The van der Waals surface area contributed by atoms with Crippen molar-refractivity contribution in [3.8, 4) is 0 Å². The summed E-state index contributed by atoms with van der Waals surface area (Å²) < 4.78 is 5.55. The van der Waals surface area contributed by atoms with E-state index >= 15 is 0 Å². The molecule has 2 rings (SSSR count). The Labute approximate surface area is 121 Å². The van der Waals surface area contributed by atoms with Crippen molar-refractivity contribution in [3.05, 3.63) is 21.9 Å². The summed E-state index contributed by atoms with van der Waals surface area (Å²) >= 11 is 1.93. The lowest BCUT2D eigenvalue weighted by Gasteiger charge is -2.33. The predicted molar refractivity (Wildman–Crippen MR) is 83.2 cm³/mol. The third-order valence-electron chi connectivity index (χ3n) is 4.56. The Morgan fingerprint density at radius 2 is 2.32 bits per heavy atom. The second-order valence-electron chi connectivity index (χ2n) is 6.20. The molecule has 0 aromatic carbocycles. The SMILES string of the molecule is CNC(CCC(C)(C)OC)C1CCCc2sccc21. The fourth-order valence-electron chi connectivity index (χ4n) is 3.09. The van der Waals surface area contributed by atoms with E-state index in [0.717, 1.165) is 6.42 Å². The van der Waals surface area contributed by atoms with Gasteiger partial charge in [-0.1, -0.05) is 0 Å². The van der Waals surface area contributed by atoms with Crippen molar-refractivity contribution in [2.45, 2.75) is 63.5 Å². The van der Waals surface area contributed by atoms with Gasteiger partial charge in [0.2, 0.25) is 0 Å². The standard InChI is InChI=1S/C16H27NOS/c1-16(2,18-4)10-8-14(17-3)12-6-5-7-15-13(12)9-11-19-15/h9,11-12,14,17H,5-8,10H2,1-4H3. The summed E-state index contributed by atoms with van der Waals surface area (Å²) in [6.07, 6.45) is 6.22. The molecular formula is C16H27NOS. The Morgan fingerprint density at radius 3 is 3.00 bits per heavy atom. The minimum atomic E-state index is -0.0127. The zero-order valence-electron chi connectivity index (χ0n) is 12.7. The Kier molecular flexibility index (Phi) is 5.04. The van der Waals surface area contributed by atoms with Gasteiger partial charge in [0.15, 0.2) is 0 Å². The van der Waals surface area contributed by atoms with Crippen molar-refractivity contribution in [2.24, 2.45) is 0 Å². The minimum absolute atomic E-state index is 0.0127. The number of fused-ring (bicyclic) bond motifs is 1. The summed E-state index contributed by atoms with van der Waals surface area (Å²) in [6.45, 7) is 4.35. The monoisotopic (exact) mass is 281 g/mol. The Hall–Kier alpha value is -0.380. The summed E-state index contributed by atoms with van der Waals surface area (Å²) in [5.74, 6) is 0.688.